The molecule has 1 aliphatic heterocycles. The number of halogens is 2. The van der Waals surface area contributed by atoms with E-state index in [0.717, 1.165) is 24.6 Å². The fraction of sp³-hybridized carbons (Fsp3) is 0.500. The highest BCUT2D eigenvalue weighted by atomic mass is 35.5. The van der Waals surface area contributed by atoms with Crippen LogP contribution in [0, 0.1) is 24.7 Å². The number of hydrogen-bond donors (Lipinski definition) is 2. The molecule has 2 heterocycles. The predicted molar refractivity (Wildman–Crippen MR) is 166 cm³/mol. The van der Waals surface area contributed by atoms with E-state index in [-0.39, 0.29) is 42.9 Å². The molecule has 0 radical (unpaired) electrons. The lowest BCUT2D eigenvalue weighted by Gasteiger charge is -2.56. The molecule has 8 rings (SSSR count). The van der Waals surface area contributed by atoms with Crippen LogP contribution in [0.3, 0.4) is 0 Å². The molecule has 2 aromatic carbocycles. The first-order chi connectivity index (χ1) is 21.1. The summed E-state index contributed by atoms with van der Waals surface area (Å²) in [6.45, 7) is 1.81. The summed E-state index contributed by atoms with van der Waals surface area (Å²) in [5.41, 5.74) is 2.25. The fourth-order valence-corrected chi connectivity index (χ4v) is 9.00. The molecule has 10 heteroatoms. The van der Waals surface area contributed by atoms with Crippen molar-refractivity contribution in [1.82, 2.24) is 20.1 Å². The third-order valence-electron chi connectivity index (χ3n) is 10.5. The van der Waals surface area contributed by atoms with Crippen molar-refractivity contribution in [1.29, 1.82) is 0 Å². The summed E-state index contributed by atoms with van der Waals surface area (Å²) < 4.78 is 22.3. The van der Waals surface area contributed by atoms with Gasteiger partial charge in [-0.25, -0.2) is 9.18 Å². The summed E-state index contributed by atoms with van der Waals surface area (Å²) in [4.78, 5) is 41.8. The molecule has 8 nitrogen and oxygen atoms in total. The van der Waals surface area contributed by atoms with Crippen LogP contribution in [0.4, 0.5) is 9.18 Å². The highest BCUT2D eigenvalue weighted by Crippen LogP contribution is 2.55. The van der Waals surface area contributed by atoms with Crippen molar-refractivity contribution in [3.8, 4) is 5.75 Å². The van der Waals surface area contributed by atoms with Crippen molar-refractivity contribution in [3.05, 3.63) is 64.3 Å². The van der Waals surface area contributed by atoms with Crippen molar-refractivity contribution >= 4 is 40.3 Å². The number of fused-ring (bicyclic) bond motifs is 1. The van der Waals surface area contributed by atoms with Gasteiger partial charge in [-0.15, -0.1) is 0 Å². The Balaban J connectivity index is 1.07. The quantitative estimate of drug-likeness (QED) is 0.372. The maximum Gasteiger partial charge on any atom is 0.315 e. The molecule has 232 valence electrons. The Hall–Kier alpha value is -3.59. The lowest BCUT2D eigenvalue weighted by atomic mass is 9.53. The molecule has 4 bridgehead atoms. The minimum absolute atomic E-state index is 0.0185. The van der Waals surface area contributed by atoms with E-state index < -0.39 is 12.2 Å². The van der Waals surface area contributed by atoms with Gasteiger partial charge in [0.2, 0.25) is 5.91 Å². The first-order valence-corrected chi connectivity index (χ1v) is 16.0. The van der Waals surface area contributed by atoms with E-state index in [0.29, 0.717) is 50.9 Å². The average molecular weight is 621 g/mol. The number of carbonyl (C=O) groups excluding carboxylic acids is 3. The van der Waals surface area contributed by atoms with E-state index in [1.807, 2.05) is 13.0 Å². The van der Waals surface area contributed by atoms with Crippen molar-refractivity contribution in [3.63, 3.8) is 0 Å². The van der Waals surface area contributed by atoms with E-state index in [4.69, 9.17) is 16.3 Å². The molecule has 5 fully saturated rings. The van der Waals surface area contributed by atoms with Gasteiger partial charge in [-0.1, -0.05) is 11.6 Å². The molecule has 3 amide bonds. The molecule has 1 saturated heterocycles. The maximum atomic E-state index is 15.2. The van der Waals surface area contributed by atoms with Crippen molar-refractivity contribution < 1.29 is 23.5 Å². The molecule has 0 spiro atoms. The van der Waals surface area contributed by atoms with Gasteiger partial charge in [-0.2, -0.15) is 0 Å². The normalized spacial score (nSPS) is 28.8. The molecule has 1 aromatic heterocycles. The fourth-order valence-electron chi connectivity index (χ4n) is 8.87. The number of nitrogens with one attached hydrogen (secondary N) is 2. The van der Waals surface area contributed by atoms with Crippen LogP contribution in [0.25, 0.3) is 10.9 Å². The number of aromatic nitrogens is 1. The van der Waals surface area contributed by atoms with Crippen LogP contribution >= 0.6 is 11.6 Å². The molecule has 4 saturated carbocycles. The molecule has 0 unspecified atom stereocenters. The largest absolute Gasteiger partial charge is 0.497 e. The summed E-state index contributed by atoms with van der Waals surface area (Å²) in [7, 11) is 1.56. The van der Waals surface area contributed by atoms with Gasteiger partial charge in [0.1, 0.15) is 11.9 Å². The summed E-state index contributed by atoms with van der Waals surface area (Å²) in [6, 6.07) is 11.0. The van der Waals surface area contributed by atoms with Gasteiger partial charge in [-0.05, 0) is 111 Å². The Bertz CT molecular complexity index is 1600. The second kappa shape index (κ2) is 11.1. The highest BCUT2D eigenvalue weighted by molar-refractivity contribution is 6.30. The van der Waals surface area contributed by atoms with Crippen LogP contribution in [0.5, 0.6) is 5.75 Å². The van der Waals surface area contributed by atoms with Crippen LogP contribution in [0.15, 0.2) is 42.5 Å². The maximum absolute atomic E-state index is 15.2. The molecule has 44 heavy (non-hydrogen) atoms. The number of urea groups is 1. The molecule has 2 atom stereocenters. The smallest absolute Gasteiger partial charge is 0.315 e. The second-order valence-electron chi connectivity index (χ2n) is 13.5. The number of ether oxygens (including phenoxy) is 1. The van der Waals surface area contributed by atoms with Gasteiger partial charge in [0.15, 0.2) is 0 Å². The number of methoxy groups -OCH3 is 1. The highest BCUT2D eigenvalue weighted by Gasteiger charge is 2.52. The van der Waals surface area contributed by atoms with Crippen LogP contribution < -0.4 is 15.4 Å². The van der Waals surface area contributed by atoms with E-state index in [1.165, 1.54) is 24.2 Å². The summed E-state index contributed by atoms with van der Waals surface area (Å²) >= 11 is 6.04. The number of alkyl halides is 1. The minimum Gasteiger partial charge on any atom is -0.497 e. The Morgan fingerprint density at radius 2 is 1.66 bits per heavy atom. The van der Waals surface area contributed by atoms with Gasteiger partial charge in [-0.3, -0.25) is 14.2 Å². The van der Waals surface area contributed by atoms with Gasteiger partial charge in [0.25, 0.3) is 5.91 Å². The SMILES string of the molecule is COc1ccc2c(c1)c(CC(=O)N1C[C@H](F)[C@H](NC(=O)NC34CC5CC(CC(C5)C3)C4)C1)c(C)n2C(=O)c1ccc(Cl)cc1. The lowest BCUT2D eigenvalue weighted by molar-refractivity contribution is -0.129. The first kappa shape index (κ1) is 29.1. The number of hydrogen-bond acceptors (Lipinski definition) is 4. The number of nitrogens with zero attached hydrogens (tertiary/aromatic N) is 2. The summed E-state index contributed by atoms with van der Waals surface area (Å²) in [5, 5.41) is 7.36. The van der Waals surface area contributed by atoms with Gasteiger partial charge < -0.3 is 20.3 Å². The van der Waals surface area contributed by atoms with E-state index in [1.54, 1.807) is 48.1 Å². The molecule has 2 N–H and O–H groups in total. The van der Waals surface area contributed by atoms with Crippen LogP contribution in [0.2, 0.25) is 5.02 Å². The van der Waals surface area contributed by atoms with Crippen LogP contribution in [0.1, 0.15) is 60.1 Å². The zero-order chi connectivity index (χ0) is 30.7. The standard InChI is InChI=1S/C34H38ClFN4O4/c1-19-26(27-12-25(44-2)7-8-30(27)40(19)32(42)23-3-5-24(35)6-4-23)13-31(41)39-17-28(36)29(18-39)37-33(43)38-34-14-20-9-21(15-34)11-22(10-20)16-34/h3-8,12,20-22,28-29H,9-11,13-18H2,1-2H3,(H2,37,38,43)/t20?,21?,22?,28-,29+,34?/m0/s1. The number of likely N-dealkylation sites (tertiary alicyclic amines) is 1. The van der Waals surface area contributed by atoms with Gasteiger partial charge in [0, 0.05) is 33.7 Å². The van der Waals surface area contributed by atoms with E-state index in [9.17, 15) is 14.4 Å². The second-order valence-corrected chi connectivity index (χ2v) is 13.9. The zero-order valence-corrected chi connectivity index (χ0v) is 25.8. The first-order valence-electron chi connectivity index (χ1n) is 15.6. The average Bonchev–Trinajstić information content (AvgIpc) is 3.47. The molecular weight excluding hydrogens is 583 g/mol. The lowest BCUT2D eigenvalue weighted by Crippen LogP contribution is -2.62. The molecule has 3 aromatic rings. The Kier molecular flexibility index (Phi) is 7.34. The van der Waals surface area contributed by atoms with Gasteiger partial charge in [0.05, 0.1) is 31.6 Å². The number of rotatable bonds is 6. The van der Waals surface area contributed by atoms with Crippen molar-refractivity contribution in [2.45, 2.75) is 69.6 Å². The van der Waals surface area contributed by atoms with Crippen molar-refractivity contribution in [2.75, 3.05) is 20.2 Å². The topological polar surface area (TPSA) is 92.7 Å². The Labute approximate surface area is 261 Å². The molecule has 5 aliphatic rings. The van der Waals surface area contributed by atoms with Crippen LogP contribution in [-0.2, 0) is 11.2 Å². The van der Waals surface area contributed by atoms with E-state index >= 15 is 4.39 Å². The summed E-state index contributed by atoms with van der Waals surface area (Å²) in [5.74, 6) is 2.15. The number of carbonyl (C=O) groups is 3. The monoisotopic (exact) mass is 620 g/mol. The number of benzene rings is 2. The van der Waals surface area contributed by atoms with E-state index in [2.05, 4.69) is 10.6 Å². The summed E-state index contributed by atoms with van der Waals surface area (Å²) in [6.07, 6.45) is 5.47. The Morgan fingerprint density at radius 3 is 2.30 bits per heavy atom. The van der Waals surface area contributed by atoms with Crippen LogP contribution in [-0.4, -0.2) is 65.3 Å². The number of amides is 3. The third-order valence-corrected chi connectivity index (χ3v) is 10.8. The zero-order valence-electron chi connectivity index (χ0n) is 25.1. The van der Waals surface area contributed by atoms with Gasteiger partial charge >= 0.3 is 6.03 Å². The van der Waals surface area contributed by atoms with Crippen molar-refractivity contribution in [2.24, 2.45) is 17.8 Å². The predicted octanol–water partition coefficient (Wildman–Crippen LogP) is 5.66. The molecule has 4 aliphatic carbocycles. The minimum atomic E-state index is -1.37. The Morgan fingerprint density at radius 1 is 1.00 bits per heavy atom. The molecular formula is C34H38ClFN4O4. The third kappa shape index (κ3) is 5.23.